The van der Waals surface area contributed by atoms with Crippen molar-refractivity contribution in [2.75, 3.05) is 12.5 Å². The van der Waals surface area contributed by atoms with Crippen LogP contribution in [0.5, 0.6) is 0 Å². The number of aromatic nitrogens is 4. The van der Waals surface area contributed by atoms with Crippen LogP contribution in [0, 0.1) is 0 Å². The van der Waals surface area contributed by atoms with Gasteiger partial charge in [0.15, 0.2) is 5.78 Å². The number of carbonyl (C=O) groups is 1. The average molecular weight is 330 g/mol. The van der Waals surface area contributed by atoms with E-state index in [1.807, 2.05) is 12.5 Å². The molecule has 0 saturated heterocycles. The molecule has 0 N–H and O–H groups in total. The molecule has 0 aliphatic rings. The predicted molar refractivity (Wildman–Crippen MR) is 90.7 cm³/mol. The van der Waals surface area contributed by atoms with Crippen molar-refractivity contribution in [1.29, 1.82) is 0 Å². The predicted octanol–water partition coefficient (Wildman–Crippen LogP) is 3.01. The van der Waals surface area contributed by atoms with Crippen molar-refractivity contribution in [3.63, 3.8) is 0 Å². The third-order valence-electron chi connectivity index (χ3n) is 2.55. The van der Waals surface area contributed by atoms with Crippen LogP contribution >= 0.6 is 23.5 Å². The zero-order chi connectivity index (χ0) is 15.8. The van der Waals surface area contributed by atoms with Crippen LogP contribution in [0.1, 0.15) is 11.4 Å². The first-order chi connectivity index (χ1) is 10.7. The minimum Gasteiger partial charge on any atom is -0.290 e. The van der Waals surface area contributed by atoms with E-state index in [0.717, 1.165) is 10.1 Å². The molecule has 22 heavy (non-hydrogen) atoms. The molecular formula is C15H14N4OS2. The second-order valence-corrected chi connectivity index (χ2v) is 5.69. The fourth-order valence-electron chi connectivity index (χ4n) is 1.43. The third-order valence-corrected chi connectivity index (χ3v) is 3.81. The number of allylic oxidation sites excluding steroid dienone is 2. The van der Waals surface area contributed by atoms with Crippen LogP contribution in [-0.2, 0) is 4.79 Å². The first kappa shape index (κ1) is 16.4. The summed E-state index contributed by atoms with van der Waals surface area (Å²) in [6, 6.07) is 0. The Bertz CT molecular complexity index is 622. The zero-order valence-electron chi connectivity index (χ0n) is 12.1. The highest BCUT2D eigenvalue weighted by atomic mass is 32.2. The van der Waals surface area contributed by atoms with Gasteiger partial charge < -0.3 is 0 Å². The highest BCUT2D eigenvalue weighted by Crippen LogP contribution is 2.10. The minimum absolute atomic E-state index is 0.147. The lowest BCUT2D eigenvalue weighted by atomic mass is 10.2. The number of ketones is 1. The van der Waals surface area contributed by atoms with E-state index >= 15 is 0 Å². The molecule has 0 spiro atoms. The maximum Gasteiger partial charge on any atom is 0.178 e. The number of thioether (sulfide) groups is 2. The van der Waals surface area contributed by atoms with E-state index in [2.05, 4.69) is 19.9 Å². The van der Waals surface area contributed by atoms with Gasteiger partial charge in [0, 0.05) is 0 Å². The molecule has 2 aromatic heterocycles. The number of carbonyl (C=O) groups excluding carboxylic acids is 1. The maximum absolute atomic E-state index is 11.8. The Labute approximate surface area is 137 Å². The fourth-order valence-corrected chi connectivity index (χ4v) is 2.06. The lowest BCUT2D eigenvalue weighted by molar-refractivity contribution is -0.110. The molecule has 0 aliphatic heterocycles. The summed E-state index contributed by atoms with van der Waals surface area (Å²) in [5.41, 5.74) is 1.28. The van der Waals surface area contributed by atoms with E-state index in [1.54, 1.807) is 36.9 Å². The summed E-state index contributed by atoms with van der Waals surface area (Å²) in [7, 11) is 0. The Balaban J connectivity index is 1.95. The van der Waals surface area contributed by atoms with Gasteiger partial charge >= 0.3 is 0 Å². The second kappa shape index (κ2) is 8.45. The first-order valence-corrected chi connectivity index (χ1v) is 8.78. The summed E-state index contributed by atoms with van der Waals surface area (Å²) >= 11 is 3.04. The van der Waals surface area contributed by atoms with Crippen molar-refractivity contribution < 1.29 is 4.79 Å². The third kappa shape index (κ3) is 5.09. The lowest BCUT2D eigenvalue weighted by Crippen LogP contribution is -1.89. The Morgan fingerprint density at radius 3 is 1.59 bits per heavy atom. The molecule has 0 amide bonds. The van der Waals surface area contributed by atoms with Crippen LogP contribution < -0.4 is 0 Å². The first-order valence-electron chi connectivity index (χ1n) is 6.33. The molecule has 0 radical (unpaired) electrons. The van der Waals surface area contributed by atoms with Gasteiger partial charge in [0.25, 0.3) is 0 Å². The zero-order valence-corrected chi connectivity index (χ0v) is 13.8. The van der Waals surface area contributed by atoms with Gasteiger partial charge in [-0.25, -0.2) is 9.97 Å². The Kier molecular flexibility index (Phi) is 6.29. The molecule has 0 fully saturated rings. The van der Waals surface area contributed by atoms with Crippen molar-refractivity contribution in [2.24, 2.45) is 0 Å². The quantitative estimate of drug-likeness (QED) is 0.595. The fraction of sp³-hybridized carbons (Fsp3) is 0.133. The number of rotatable bonds is 6. The van der Waals surface area contributed by atoms with Gasteiger partial charge in [0.1, 0.15) is 10.1 Å². The molecule has 0 atom stereocenters. The summed E-state index contributed by atoms with van der Waals surface area (Å²) in [6.07, 6.45) is 16.6. The summed E-state index contributed by atoms with van der Waals surface area (Å²) in [6.45, 7) is 0. The molecule has 0 saturated carbocycles. The van der Waals surface area contributed by atoms with Crippen LogP contribution in [0.4, 0.5) is 0 Å². The number of hydrogen-bond donors (Lipinski definition) is 0. The standard InChI is InChI=1S/C15H14N4OS2/c1-21-14-9-16-11(7-18-14)3-5-13(20)6-4-12-8-19-15(22-2)10-17-12/h3-10H,1-2H3/b5-3+,6-4+. The number of hydrogen-bond acceptors (Lipinski definition) is 7. The highest BCUT2D eigenvalue weighted by Gasteiger charge is 1.96. The molecule has 2 heterocycles. The topological polar surface area (TPSA) is 68.6 Å². The van der Waals surface area contributed by atoms with Gasteiger partial charge in [-0.3, -0.25) is 14.8 Å². The second-order valence-electron chi connectivity index (χ2n) is 4.04. The van der Waals surface area contributed by atoms with Crippen molar-refractivity contribution in [3.05, 3.63) is 48.3 Å². The highest BCUT2D eigenvalue weighted by molar-refractivity contribution is 7.98. The normalized spacial score (nSPS) is 11.4. The molecular weight excluding hydrogens is 316 g/mol. The van der Waals surface area contributed by atoms with Gasteiger partial charge in [-0.05, 0) is 36.8 Å². The van der Waals surface area contributed by atoms with Crippen LogP contribution in [0.3, 0.4) is 0 Å². The van der Waals surface area contributed by atoms with Crippen LogP contribution in [0.15, 0.2) is 47.0 Å². The summed E-state index contributed by atoms with van der Waals surface area (Å²) in [5, 5.41) is 1.69. The molecule has 112 valence electrons. The van der Waals surface area contributed by atoms with Crippen LogP contribution in [0.25, 0.3) is 12.2 Å². The molecule has 7 heteroatoms. The van der Waals surface area contributed by atoms with Crippen LogP contribution in [0.2, 0.25) is 0 Å². The molecule has 0 unspecified atom stereocenters. The van der Waals surface area contributed by atoms with Gasteiger partial charge in [-0.2, -0.15) is 0 Å². The van der Waals surface area contributed by atoms with E-state index in [9.17, 15) is 4.79 Å². The smallest absolute Gasteiger partial charge is 0.178 e. The summed E-state index contributed by atoms with van der Waals surface area (Å²) in [4.78, 5) is 28.5. The van der Waals surface area contributed by atoms with Gasteiger partial charge in [-0.1, -0.05) is 0 Å². The van der Waals surface area contributed by atoms with Gasteiger partial charge in [0.05, 0.1) is 36.2 Å². The molecule has 2 rings (SSSR count). The Hall–Kier alpha value is -1.99. The summed E-state index contributed by atoms with van der Waals surface area (Å²) < 4.78 is 0. The molecule has 0 aromatic carbocycles. The largest absolute Gasteiger partial charge is 0.290 e. The van der Waals surface area contributed by atoms with E-state index in [0.29, 0.717) is 11.4 Å². The Morgan fingerprint density at radius 2 is 1.27 bits per heavy atom. The van der Waals surface area contributed by atoms with Gasteiger partial charge in [-0.15, -0.1) is 23.5 Å². The van der Waals surface area contributed by atoms with E-state index in [-0.39, 0.29) is 5.78 Å². The molecule has 0 bridgehead atoms. The van der Waals surface area contributed by atoms with E-state index in [4.69, 9.17) is 0 Å². The van der Waals surface area contributed by atoms with Crippen LogP contribution in [-0.4, -0.2) is 38.2 Å². The summed E-state index contributed by atoms with van der Waals surface area (Å²) in [5.74, 6) is -0.147. The van der Waals surface area contributed by atoms with Crippen molar-refractivity contribution in [1.82, 2.24) is 19.9 Å². The lowest BCUT2D eigenvalue weighted by Gasteiger charge is -1.95. The van der Waals surface area contributed by atoms with E-state index < -0.39 is 0 Å². The molecule has 0 aliphatic carbocycles. The van der Waals surface area contributed by atoms with Crippen molar-refractivity contribution >= 4 is 41.5 Å². The number of nitrogens with zero attached hydrogens (tertiary/aromatic N) is 4. The van der Waals surface area contributed by atoms with E-state index in [1.165, 1.54) is 35.7 Å². The van der Waals surface area contributed by atoms with Crippen molar-refractivity contribution in [2.45, 2.75) is 10.1 Å². The van der Waals surface area contributed by atoms with Gasteiger partial charge in [0.2, 0.25) is 0 Å². The SMILES string of the molecule is CSc1cnc(/C=C/C(=O)/C=C/c2cnc(SC)cn2)cn1. The minimum atomic E-state index is -0.147. The maximum atomic E-state index is 11.8. The average Bonchev–Trinajstić information content (AvgIpc) is 2.59. The molecule has 2 aromatic rings. The molecule has 5 nitrogen and oxygen atoms in total. The Morgan fingerprint density at radius 1 is 0.818 bits per heavy atom. The van der Waals surface area contributed by atoms with Crippen molar-refractivity contribution in [3.8, 4) is 0 Å². The monoisotopic (exact) mass is 330 g/mol.